The Morgan fingerprint density at radius 3 is 2.76 bits per heavy atom. The van der Waals surface area contributed by atoms with E-state index < -0.39 is 0 Å². The highest BCUT2D eigenvalue weighted by atomic mass is 16.6. The molecule has 1 N–H and O–H groups in total. The van der Waals surface area contributed by atoms with Gasteiger partial charge in [0, 0.05) is 12.1 Å². The SMILES string of the molecule is CC1CCC(CCNCc2cccc3c2OCCO3)CC1. The molecule has 3 heteroatoms. The Morgan fingerprint density at radius 2 is 1.90 bits per heavy atom. The molecule has 1 heterocycles. The van der Waals surface area contributed by atoms with Gasteiger partial charge in [0.1, 0.15) is 13.2 Å². The van der Waals surface area contributed by atoms with E-state index in [1.165, 1.54) is 37.7 Å². The van der Waals surface area contributed by atoms with Crippen LogP contribution in [-0.4, -0.2) is 19.8 Å². The third-order valence-corrected chi connectivity index (χ3v) is 4.83. The second-order valence-electron chi connectivity index (χ2n) is 6.53. The van der Waals surface area contributed by atoms with E-state index >= 15 is 0 Å². The van der Waals surface area contributed by atoms with Crippen molar-refractivity contribution in [2.45, 2.75) is 45.6 Å². The Kier molecular flexibility index (Phi) is 5.02. The third-order valence-electron chi connectivity index (χ3n) is 4.83. The number of hydrogen-bond acceptors (Lipinski definition) is 3. The topological polar surface area (TPSA) is 30.5 Å². The number of ether oxygens (including phenoxy) is 2. The summed E-state index contributed by atoms with van der Waals surface area (Å²) in [5, 5.41) is 3.57. The summed E-state index contributed by atoms with van der Waals surface area (Å²) in [5.41, 5.74) is 1.21. The predicted molar refractivity (Wildman–Crippen MR) is 84.9 cm³/mol. The number of hydrogen-bond donors (Lipinski definition) is 1. The minimum absolute atomic E-state index is 0.657. The van der Waals surface area contributed by atoms with Gasteiger partial charge in [0.25, 0.3) is 0 Å². The van der Waals surface area contributed by atoms with Crippen LogP contribution in [0.15, 0.2) is 18.2 Å². The quantitative estimate of drug-likeness (QED) is 0.837. The van der Waals surface area contributed by atoms with E-state index in [-0.39, 0.29) is 0 Å². The zero-order chi connectivity index (χ0) is 14.5. The maximum Gasteiger partial charge on any atom is 0.165 e. The van der Waals surface area contributed by atoms with Crippen molar-refractivity contribution >= 4 is 0 Å². The molecule has 0 saturated heterocycles. The normalized spacial score (nSPS) is 24.8. The maximum absolute atomic E-state index is 5.75. The van der Waals surface area contributed by atoms with E-state index in [0.29, 0.717) is 13.2 Å². The molecule has 0 unspecified atom stereocenters. The molecule has 1 aliphatic heterocycles. The number of fused-ring (bicyclic) bond motifs is 1. The van der Waals surface area contributed by atoms with Crippen LogP contribution in [-0.2, 0) is 6.54 Å². The van der Waals surface area contributed by atoms with Crippen molar-refractivity contribution in [2.24, 2.45) is 11.8 Å². The summed E-state index contributed by atoms with van der Waals surface area (Å²) in [7, 11) is 0. The lowest BCUT2D eigenvalue weighted by atomic mass is 9.81. The molecule has 1 aromatic rings. The van der Waals surface area contributed by atoms with Crippen molar-refractivity contribution < 1.29 is 9.47 Å². The average molecular weight is 289 g/mol. The highest BCUT2D eigenvalue weighted by molar-refractivity contribution is 5.47. The van der Waals surface area contributed by atoms with Gasteiger partial charge in [-0.3, -0.25) is 0 Å². The third kappa shape index (κ3) is 3.91. The molecule has 3 nitrogen and oxygen atoms in total. The van der Waals surface area contributed by atoms with Crippen LogP contribution in [0.1, 0.15) is 44.6 Å². The number of nitrogens with one attached hydrogen (secondary N) is 1. The minimum atomic E-state index is 0.657. The van der Waals surface area contributed by atoms with Crippen molar-refractivity contribution in [3.63, 3.8) is 0 Å². The molecule has 1 fully saturated rings. The van der Waals surface area contributed by atoms with E-state index in [4.69, 9.17) is 9.47 Å². The molecule has 21 heavy (non-hydrogen) atoms. The van der Waals surface area contributed by atoms with Gasteiger partial charge in [-0.1, -0.05) is 44.7 Å². The van der Waals surface area contributed by atoms with Crippen LogP contribution >= 0.6 is 0 Å². The molecule has 1 saturated carbocycles. The van der Waals surface area contributed by atoms with Crippen LogP contribution in [0, 0.1) is 11.8 Å². The van der Waals surface area contributed by atoms with Gasteiger partial charge in [-0.25, -0.2) is 0 Å². The van der Waals surface area contributed by atoms with Crippen molar-refractivity contribution in [1.82, 2.24) is 5.32 Å². The molecule has 0 bridgehead atoms. The van der Waals surface area contributed by atoms with Gasteiger partial charge in [-0.05, 0) is 30.9 Å². The fraction of sp³-hybridized carbons (Fsp3) is 0.667. The molecular formula is C18H27NO2. The van der Waals surface area contributed by atoms with Gasteiger partial charge < -0.3 is 14.8 Å². The van der Waals surface area contributed by atoms with Crippen molar-refractivity contribution in [3.8, 4) is 11.5 Å². The van der Waals surface area contributed by atoms with E-state index in [1.807, 2.05) is 12.1 Å². The molecule has 0 atom stereocenters. The molecule has 2 aliphatic rings. The van der Waals surface area contributed by atoms with Gasteiger partial charge in [0.2, 0.25) is 0 Å². The van der Waals surface area contributed by atoms with Crippen LogP contribution in [0.2, 0.25) is 0 Å². The molecule has 0 spiro atoms. The fourth-order valence-electron chi connectivity index (χ4n) is 3.42. The minimum Gasteiger partial charge on any atom is -0.486 e. The first-order valence-electron chi connectivity index (χ1n) is 8.41. The maximum atomic E-state index is 5.75. The van der Waals surface area contributed by atoms with Gasteiger partial charge in [-0.2, -0.15) is 0 Å². The molecule has 0 aromatic heterocycles. The van der Waals surface area contributed by atoms with E-state index in [2.05, 4.69) is 18.3 Å². The summed E-state index contributed by atoms with van der Waals surface area (Å²) in [4.78, 5) is 0. The van der Waals surface area contributed by atoms with Gasteiger partial charge in [0.15, 0.2) is 11.5 Å². The second-order valence-corrected chi connectivity index (χ2v) is 6.53. The average Bonchev–Trinajstić information content (AvgIpc) is 2.53. The first-order valence-corrected chi connectivity index (χ1v) is 8.41. The molecule has 3 rings (SSSR count). The molecule has 0 amide bonds. The second kappa shape index (κ2) is 7.17. The monoisotopic (exact) mass is 289 g/mol. The lowest BCUT2D eigenvalue weighted by Gasteiger charge is -2.26. The summed E-state index contributed by atoms with van der Waals surface area (Å²) in [5.74, 6) is 3.70. The first-order chi connectivity index (χ1) is 10.3. The van der Waals surface area contributed by atoms with Crippen molar-refractivity contribution in [2.75, 3.05) is 19.8 Å². The smallest absolute Gasteiger partial charge is 0.165 e. The van der Waals surface area contributed by atoms with Gasteiger partial charge in [-0.15, -0.1) is 0 Å². The summed E-state index contributed by atoms with van der Waals surface area (Å²) in [6.07, 6.45) is 6.98. The van der Waals surface area contributed by atoms with E-state index in [9.17, 15) is 0 Å². The Labute approximate surface area is 128 Å². The molecule has 1 aliphatic carbocycles. The summed E-state index contributed by atoms with van der Waals surface area (Å²) < 4.78 is 11.4. The van der Waals surface area contributed by atoms with Crippen LogP contribution in [0.4, 0.5) is 0 Å². The number of benzene rings is 1. The number of para-hydroxylation sites is 1. The molecule has 116 valence electrons. The Morgan fingerprint density at radius 1 is 1.10 bits per heavy atom. The lowest BCUT2D eigenvalue weighted by Crippen LogP contribution is -2.22. The fourth-order valence-corrected chi connectivity index (χ4v) is 3.42. The Balaban J connectivity index is 1.43. The molecule has 1 aromatic carbocycles. The zero-order valence-corrected chi connectivity index (χ0v) is 13.1. The van der Waals surface area contributed by atoms with Crippen LogP contribution in [0.5, 0.6) is 11.5 Å². The predicted octanol–water partition coefficient (Wildman–Crippen LogP) is 3.76. The molecule has 0 radical (unpaired) electrons. The summed E-state index contributed by atoms with van der Waals surface area (Å²) >= 11 is 0. The largest absolute Gasteiger partial charge is 0.486 e. The molecular weight excluding hydrogens is 262 g/mol. The standard InChI is InChI=1S/C18H27NO2/c1-14-5-7-15(8-6-14)9-10-19-13-16-3-2-4-17-18(16)21-12-11-20-17/h2-4,14-15,19H,5-13H2,1H3. The Hall–Kier alpha value is -1.22. The van der Waals surface area contributed by atoms with E-state index in [1.54, 1.807) is 0 Å². The van der Waals surface area contributed by atoms with E-state index in [0.717, 1.165) is 36.4 Å². The summed E-state index contributed by atoms with van der Waals surface area (Å²) in [6, 6.07) is 6.16. The van der Waals surface area contributed by atoms with Gasteiger partial charge >= 0.3 is 0 Å². The first kappa shape index (κ1) is 14.7. The van der Waals surface area contributed by atoms with Crippen molar-refractivity contribution in [3.05, 3.63) is 23.8 Å². The lowest BCUT2D eigenvalue weighted by molar-refractivity contribution is 0.169. The van der Waals surface area contributed by atoms with Crippen molar-refractivity contribution in [1.29, 1.82) is 0 Å². The van der Waals surface area contributed by atoms with Crippen LogP contribution < -0.4 is 14.8 Å². The zero-order valence-electron chi connectivity index (χ0n) is 13.1. The summed E-state index contributed by atoms with van der Waals surface area (Å²) in [6.45, 7) is 5.67. The van der Waals surface area contributed by atoms with Crippen LogP contribution in [0.3, 0.4) is 0 Å². The highest BCUT2D eigenvalue weighted by Gasteiger charge is 2.18. The van der Waals surface area contributed by atoms with Gasteiger partial charge in [0.05, 0.1) is 0 Å². The number of rotatable bonds is 5. The van der Waals surface area contributed by atoms with Crippen LogP contribution in [0.25, 0.3) is 0 Å². The Bertz CT molecular complexity index is 453. The highest BCUT2D eigenvalue weighted by Crippen LogP contribution is 2.33.